The summed E-state index contributed by atoms with van der Waals surface area (Å²) in [5, 5.41) is 14.3. The first-order valence-corrected chi connectivity index (χ1v) is 10.6. The number of nitrogens with zero attached hydrogens (tertiary/aromatic N) is 1. The highest BCUT2D eigenvalue weighted by Gasteiger charge is 2.29. The van der Waals surface area contributed by atoms with Crippen LogP contribution in [-0.2, 0) is 14.3 Å². The number of ether oxygens (including phenoxy) is 1. The minimum absolute atomic E-state index is 0.0106. The van der Waals surface area contributed by atoms with Gasteiger partial charge in [0.2, 0.25) is 5.91 Å². The van der Waals surface area contributed by atoms with Gasteiger partial charge in [-0.1, -0.05) is 48.5 Å². The highest BCUT2D eigenvalue weighted by molar-refractivity contribution is 5.83. The average Bonchev–Trinajstić information content (AvgIpc) is 3.08. The van der Waals surface area contributed by atoms with Crippen molar-refractivity contribution < 1.29 is 24.2 Å². The van der Waals surface area contributed by atoms with E-state index >= 15 is 0 Å². The minimum atomic E-state index is -1.08. The van der Waals surface area contributed by atoms with Gasteiger partial charge in [0.1, 0.15) is 12.6 Å². The first kappa shape index (κ1) is 23.3. The summed E-state index contributed by atoms with van der Waals surface area (Å²) in [6.07, 6.45) is -0.0474. The molecule has 0 unspecified atom stereocenters. The Morgan fingerprint density at radius 2 is 1.62 bits per heavy atom. The molecule has 0 saturated heterocycles. The summed E-state index contributed by atoms with van der Waals surface area (Å²) < 4.78 is 5.45. The van der Waals surface area contributed by atoms with Crippen molar-refractivity contribution in [3.8, 4) is 11.1 Å². The van der Waals surface area contributed by atoms with Crippen molar-refractivity contribution in [1.29, 1.82) is 0 Å². The molecule has 0 saturated carbocycles. The van der Waals surface area contributed by atoms with E-state index in [1.165, 1.54) is 0 Å². The summed E-state index contributed by atoms with van der Waals surface area (Å²) in [7, 11) is 3.47. The number of rotatable bonds is 10. The molecule has 1 atom stereocenters. The van der Waals surface area contributed by atoms with Crippen LogP contribution in [0, 0.1) is 0 Å². The molecule has 32 heavy (non-hydrogen) atoms. The smallest absolute Gasteiger partial charge is 0.407 e. The second kappa shape index (κ2) is 10.8. The second-order valence-corrected chi connectivity index (χ2v) is 8.08. The van der Waals surface area contributed by atoms with Crippen LogP contribution in [0.5, 0.6) is 0 Å². The number of hydrogen-bond donors (Lipinski definition) is 3. The van der Waals surface area contributed by atoms with E-state index in [-0.39, 0.29) is 37.9 Å². The molecule has 0 radical (unpaired) electrons. The van der Waals surface area contributed by atoms with Crippen molar-refractivity contribution in [3.05, 3.63) is 59.7 Å². The fourth-order valence-corrected chi connectivity index (χ4v) is 3.91. The van der Waals surface area contributed by atoms with Gasteiger partial charge in [0.25, 0.3) is 0 Å². The largest absolute Gasteiger partial charge is 0.480 e. The molecule has 0 aliphatic heterocycles. The molecule has 2 aromatic carbocycles. The molecule has 0 fully saturated rings. The third-order valence-electron chi connectivity index (χ3n) is 5.37. The number of amides is 2. The third-order valence-corrected chi connectivity index (χ3v) is 5.37. The Morgan fingerprint density at radius 1 is 1.03 bits per heavy atom. The van der Waals surface area contributed by atoms with Crippen LogP contribution in [0.1, 0.15) is 29.9 Å². The predicted octanol–water partition coefficient (Wildman–Crippen LogP) is 2.44. The SMILES string of the molecule is CN(C)C[C@H](NC(=O)CCCNC(=O)OCC1c2ccccc2-c2ccccc21)C(=O)O. The van der Waals surface area contributed by atoms with E-state index in [0.29, 0.717) is 6.42 Å². The van der Waals surface area contributed by atoms with Crippen LogP contribution in [0.2, 0.25) is 0 Å². The molecule has 0 bridgehead atoms. The van der Waals surface area contributed by atoms with E-state index in [4.69, 9.17) is 4.74 Å². The number of alkyl carbamates (subject to hydrolysis) is 1. The number of carbonyl (C=O) groups is 3. The molecule has 2 aromatic rings. The van der Waals surface area contributed by atoms with Gasteiger partial charge in [-0.25, -0.2) is 9.59 Å². The van der Waals surface area contributed by atoms with E-state index in [0.717, 1.165) is 22.3 Å². The normalized spacial score (nSPS) is 13.2. The average molecular weight is 440 g/mol. The molecular weight excluding hydrogens is 410 g/mol. The predicted molar refractivity (Wildman–Crippen MR) is 120 cm³/mol. The Balaban J connectivity index is 1.42. The van der Waals surface area contributed by atoms with Crippen molar-refractivity contribution in [2.45, 2.75) is 24.8 Å². The molecule has 3 rings (SSSR count). The second-order valence-electron chi connectivity index (χ2n) is 8.08. The van der Waals surface area contributed by atoms with Gasteiger partial charge >= 0.3 is 12.1 Å². The molecule has 2 amide bonds. The lowest BCUT2D eigenvalue weighted by molar-refractivity contribution is -0.142. The topological polar surface area (TPSA) is 108 Å². The van der Waals surface area contributed by atoms with Crippen LogP contribution in [-0.4, -0.2) is 67.8 Å². The van der Waals surface area contributed by atoms with Gasteiger partial charge in [0.15, 0.2) is 0 Å². The molecule has 3 N–H and O–H groups in total. The van der Waals surface area contributed by atoms with Crippen LogP contribution >= 0.6 is 0 Å². The van der Waals surface area contributed by atoms with E-state index in [1.54, 1.807) is 19.0 Å². The molecule has 0 spiro atoms. The number of carbonyl (C=O) groups excluding carboxylic acids is 2. The molecular formula is C24H29N3O5. The number of hydrogen-bond acceptors (Lipinski definition) is 5. The van der Waals surface area contributed by atoms with Crippen molar-refractivity contribution >= 4 is 18.0 Å². The summed E-state index contributed by atoms with van der Waals surface area (Å²) in [4.78, 5) is 37.0. The van der Waals surface area contributed by atoms with Gasteiger partial charge in [0.05, 0.1) is 0 Å². The molecule has 170 valence electrons. The van der Waals surface area contributed by atoms with E-state index in [1.807, 2.05) is 24.3 Å². The highest BCUT2D eigenvalue weighted by Crippen LogP contribution is 2.44. The van der Waals surface area contributed by atoms with Crippen molar-refractivity contribution in [2.24, 2.45) is 0 Å². The van der Waals surface area contributed by atoms with Gasteiger partial charge < -0.3 is 25.4 Å². The lowest BCUT2D eigenvalue weighted by Crippen LogP contribution is -2.47. The zero-order valence-corrected chi connectivity index (χ0v) is 18.3. The van der Waals surface area contributed by atoms with Crippen LogP contribution in [0.15, 0.2) is 48.5 Å². The van der Waals surface area contributed by atoms with Gasteiger partial charge in [-0.15, -0.1) is 0 Å². The lowest BCUT2D eigenvalue weighted by atomic mass is 9.98. The van der Waals surface area contributed by atoms with Gasteiger partial charge in [-0.2, -0.15) is 0 Å². The Kier molecular flexibility index (Phi) is 7.83. The molecule has 0 aromatic heterocycles. The first-order chi connectivity index (χ1) is 15.4. The lowest BCUT2D eigenvalue weighted by Gasteiger charge is -2.18. The minimum Gasteiger partial charge on any atom is -0.480 e. The highest BCUT2D eigenvalue weighted by atomic mass is 16.5. The summed E-state index contributed by atoms with van der Waals surface area (Å²) in [5.74, 6) is -1.46. The summed E-state index contributed by atoms with van der Waals surface area (Å²) in [6.45, 7) is 0.694. The molecule has 1 aliphatic rings. The fourth-order valence-electron chi connectivity index (χ4n) is 3.91. The van der Waals surface area contributed by atoms with Crippen LogP contribution in [0.4, 0.5) is 4.79 Å². The summed E-state index contributed by atoms with van der Waals surface area (Å²) >= 11 is 0. The van der Waals surface area contributed by atoms with Crippen molar-refractivity contribution in [2.75, 3.05) is 33.8 Å². The van der Waals surface area contributed by atoms with Gasteiger partial charge in [0, 0.05) is 25.4 Å². The van der Waals surface area contributed by atoms with Crippen LogP contribution < -0.4 is 10.6 Å². The zero-order valence-electron chi connectivity index (χ0n) is 18.3. The van der Waals surface area contributed by atoms with Crippen molar-refractivity contribution in [1.82, 2.24) is 15.5 Å². The number of carboxylic acids is 1. The molecule has 8 nitrogen and oxygen atoms in total. The maximum absolute atomic E-state index is 12.1. The molecule has 8 heteroatoms. The number of likely N-dealkylation sites (N-methyl/N-ethyl adjacent to an activating group) is 1. The number of benzene rings is 2. The maximum atomic E-state index is 12.1. The Morgan fingerprint density at radius 3 is 2.19 bits per heavy atom. The Bertz CT molecular complexity index is 930. The van der Waals surface area contributed by atoms with E-state index < -0.39 is 18.1 Å². The van der Waals surface area contributed by atoms with E-state index in [2.05, 4.69) is 34.9 Å². The summed E-state index contributed by atoms with van der Waals surface area (Å²) in [5.41, 5.74) is 4.61. The zero-order chi connectivity index (χ0) is 23.1. The van der Waals surface area contributed by atoms with E-state index in [9.17, 15) is 19.5 Å². The van der Waals surface area contributed by atoms with Crippen molar-refractivity contribution in [3.63, 3.8) is 0 Å². The molecule has 1 aliphatic carbocycles. The number of nitrogens with one attached hydrogen (secondary N) is 2. The fraction of sp³-hybridized carbons (Fsp3) is 0.375. The maximum Gasteiger partial charge on any atom is 0.407 e. The number of carboxylic acid groups (broad SMARTS) is 1. The quantitative estimate of drug-likeness (QED) is 0.491. The van der Waals surface area contributed by atoms with Gasteiger partial charge in [-0.3, -0.25) is 4.79 Å². The summed E-state index contributed by atoms with van der Waals surface area (Å²) in [6, 6.07) is 15.3. The first-order valence-electron chi connectivity index (χ1n) is 10.6. The monoisotopic (exact) mass is 439 g/mol. The Hall–Kier alpha value is -3.39. The third kappa shape index (κ3) is 5.85. The van der Waals surface area contributed by atoms with Crippen LogP contribution in [0.3, 0.4) is 0 Å². The standard InChI is InChI=1S/C24H29N3O5/c1-27(2)14-21(23(29)30)26-22(28)12-7-13-25-24(31)32-15-20-18-10-5-3-8-16(18)17-9-4-6-11-19(17)20/h3-6,8-11,20-21H,7,12-15H2,1-2H3,(H,25,31)(H,26,28)(H,29,30)/t21-/m0/s1. The molecule has 0 heterocycles. The van der Waals surface area contributed by atoms with Crippen LogP contribution in [0.25, 0.3) is 11.1 Å². The van der Waals surface area contributed by atoms with Gasteiger partial charge in [-0.05, 0) is 42.8 Å². The Labute approximate surface area is 187 Å². The number of fused-ring (bicyclic) bond motifs is 3. The number of aliphatic carboxylic acids is 1.